The summed E-state index contributed by atoms with van der Waals surface area (Å²) in [7, 11) is 0. The van der Waals surface area contributed by atoms with E-state index in [-0.39, 0.29) is 0 Å². The molecule has 2 rings (SSSR count). The van der Waals surface area contributed by atoms with Crippen molar-refractivity contribution in [3.63, 3.8) is 0 Å². The topological polar surface area (TPSA) is 63.1 Å². The average molecular weight is 286 g/mol. The maximum absolute atomic E-state index is 10.7. The number of aromatic nitrogens is 2. The van der Waals surface area contributed by atoms with Crippen molar-refractivity contribution >= 4 is 40.6 Å². The Bertz CT molecular complexity index is 533. The zero-order chi connectivity index (χ0) is 12.4. The summed E-state index contributed by atoms with van der Waals surface area (Å²) in [6, 6.07) is 1.66. The van der Waals surface area contributed by atoms with E-state index in [1.165, 1.54) is 34.6 Å². The number of hydrogen-bond donors (Lipinski definition) is 1. The molecule has 2 aromatic rings. The van der Waals surface area contributed by atoms with Crippen LogP contribution in [0.25, 0.3) is 0 Å². The summed E-state index contributed by atoms with van der Waals surface area (Å²) in [5.74, 6) is 0.269. The molecule has 7 heteroatoms. The zero-order valence-electron chi connectivity index (χ0n) is 9.21. The maximum Gasteiger partial charge on any atom is 0.345 e. The van der Waals surface area contributed by atoms with E-state index >= 15 is 0 Å². The number of aromatic carboxylic acids is 1. The lowest BCUT2D eigenvalue weighted by atomic mass is 10.2. The van der Waals surface area contributed by atoms with Crippen LogP contribution in [0.15, 0.2) is 20.7 Å². The largest absolute Gasteiger partial charge is 0.477 e. The van der Waals surface area contributed by atoms with Crippen molar-refractivity contribution in [2.75, 3.05) is 0 Å². The first-order valence-electron chi connectivity index (χ1n) is 4.89. The molecule has 0 bridgehead atoms. The molecule has 0 aliphatic rings. The van der Waals surface area contributed by atoms with E-state index in [4.69, 9.17) is 5.11 Å². The van der Waals surface area contributed by atoms with Crippen LogP contribution in [0, 0.1) is 0 Å². The second-order valence-corrected chi connectivity index (χ2v) is 6.61. The second-order valence-electron chi connectivity index (χ2n) is 3.63. The van der Waals surface area contributed by atoms with Gasteiger partial charge in [0.1, 0.15) is 10.7 Å². The van der Waals surface area contributed by atoms with Crippen LogP contribution in [0.4, 0.5) is 0 Å². The highest BCUT2D eigenvalue weighted by molar-refractivity contribution is 8.01. The smallest absolute Gasteiger partial charge is 0.345 e. The predicted octanol–water partition coefficient (Wildman–Crippen LogP) is 3.57. The molecule has 0 saturated heterocycles. The first-order chi connectivity index (χ1) is 8.06. The quantitative estimate of drug-likeness (QED) is 0.930. The number of rotatable bonds is 4. The monoisotopic (exact) mass is 286 g/mol. The van der Waals surface area contributed by atoms with Crippen molar-refractivity contribution in [1.82, 2.24) is 9.36 Å². The fraction of sp³-hybridized carbons (Fsp3) is 0.300. The minimum atomic E-state index is -0.887. The lowest BCUT2D eigenvalue weighted by molar-refractivity contribution is 0.0702. The summed E-state index contributed by atoms with van der Waals surface area (Å²) in [4.78, 5) is 16.4. The van der Waals surface area contributed by atoms with E-state index < -0.39 is 5.97 Å². The first kappa shape index (κ1) is 12.5. The molecule has 1 N–H and O–H groups in total. The van der Waals surface area contributed by atoms with Gasteiger partial charge in [-0.2, -0.15) is 4.37 Å². The Labute approximate surface area is 111 Å². The van der Waals surface area contributed by atoms with Crippen molar-refractivity contribution < 1.29 is 9.90 Å². The molecule has 0 fully saturated rings. The summed E-state index contributed by atoms with van der Waals surface area (Å²) in [6.45, 7) is 4.09. The van der Waals surface area contributed by atoms with Gasteiger partial charge in [-0.3, -0.25) is 0 Å². The Hall–Kier alpha value is -0.920. The summed E-state index contributed by atoms with van der Waals surface area (Å²) >= 11 is 4.03. The summed E-state index contributed by atoms with van der Waals surface area (Å²) in [5.41, 5.74) is 0. The molecular formula is C10H10N2O2S3. The van der Waals surface area contributed by atoms with Crippen LogP contribution >= 0.6 is 34.6 Å². The normalized spacial score (nSPS) is 11.0. The molecule has 0 spiro atoms. The molecular weight excluding hydrogens is 276 g/mol. The highest BCUT2D eigenvalue weighted by atomic mass is 32.2. The van der Waals surface area contributed by atoms with Gasteiger partial charge in [-0.25, -0.2) is 9.78 Å². The number of hydrogen-bond acceptors (Lipinski definition) is 6. The molecule has 4 nitrogen and oxygen atoms in total. The van der Waals surface area contributed by atoms with Crippen LogP contribution < -0.4 is 0 Å². The van der Waals surface area contributed by atoms with Crippen LogP contribution in [0.2, 0.25) is 0 Å². The molecule has 90 valence electrons. The summed E-state index contributed by atoms with van der Waals surface area (Å²) in [5, 5.41) is 10.6. The molecule has 0 atom stereocenters. The number of carboxylic acids is 1. The third-order valence-electron chi connectivity index (χ3n) is 1.93. The third-order valence-corrected chi connectivity index (χ3v) is 4.73. The minimum Gasteiger partial charge on any atom is -0.477 e. The van der Waals surface area contributed by atoms with Gasteiger partial charge in [0.15, 0.2) is 4.34 Å². The van der Waals surface area contributed by atoms with Crippen LogP contribution in [0.3, 0.4) is 0 Å². The van der Waals surface area contributed by atoms with Gasteiger partial charge in [-0.05, 0) is 17.6 Å². The maximum atomic E-state index is 10.7. The van der Waals surface area contributed by atoms with Gasteiger partial charge in [0.25, 0.3) is 0 Å². The molecule has 2 heterocycles. The van der Waals surface area contributed by atoms with E-state index in [2.05, 4.69) is 9.36 Å². The first-order valence-corrected chi connectivity index (χ1v) is 7.36. The van der Waals surface area contributed by atoms with Crippen molar-refractivity contribution in [3.05, 3.63) is 22.1 Å². The minimum absolute atomic E-state index is 0.317. The van der Waals surface area contributed by atoms with Gasteiger partial charge >= 0.3 is 5.97 Å². The highest BCUT2D eigenvalue weighted by Crippen LogP contribution is 2.33. The molecule has 0 radical (unpaired) electrons. The molecule has 17 heavy (non-hydrogen) atoms. The van der Waals surface area contributed by atoms with Crippen molar-refractivity contribution in [2.24, 2.45) is 0 Å². The van der Waals surface area contributed by atoms with Crippen LogP contribution in [-0.2, 0) is 0 Å². The number of nitrogens with zero attached hydrogens (tertiary/aromatic N) is 2. The van der Waals surface area contributed by atoms with Gasteiger partial charge in [0.05, 0.1) is 0 Å². The van der Waals surface area contributed by atoms with Gasteiger partial charge < -0.3 is 5.11 Å². The van der Waals surface area contributed by atoms with Crippen LogP contribution in [0.1, 0.15) is 35.3 Å². The van der Waals surface area contributed by atoms with Crippen LogP contribution in [0.5, 0.6) is 0 Å². The fourth-order valence-corrected chi connectivity index (χ4v) is 3.72. The van der Waals surface area contributed by atoms with E-state index in [0.29, 0.717) is 10.8 Å². The van der Waals surface area contributed by atoms with Gasteiger partial charge in [0, 0.05) is 16.2 Å². The van der Waals surface area contributed by atoms with Crippen molar-refractivity contribution in [2.45, 2.75) is 29.0 Å². The summed E-state index contributed by atoms with van der Waals surface area (Å²) < 4.78 is 5.10. The Kier molecular flexibility index (Phi) is 3.80. The number of carbonyl (C=O) groups is 1. The molecule has 0 aromatic carbocycles. The average Bonchev–Trinajstić information content (AvgIpc) is 2.87. The Morgan fingerprint density at radius 1 is 1.53 bits per heavy atom. The molecule has 2 aromatic heterocycles. The molecule has 0 aliphatic heterocycles. The lowest BCUT2D eigenvalue weighted by Gasteiger charge is -1.94. The number of carboxylic acid groups (broad SMARTS) is 1. The molecule has 0 saturated carbocycles. The van der Waals surface area contributed by atoms with Gasteiger partial charge in [-0.15, -0.1) is 11.3 Å². The van der Waals surface area contributed by atoms with Crippen LogP contribution in [-0.4, -0.2) is 20.4 Å². The second kappa shape index (κ2) is 5.16. The van der Waals surface area contributed by atoms with Gasteiger partial charge in [0.2, 0.25) is 0 Å². The molecule has 0 amide bonds. The standard InChI is InChI=1S/C10H10N2O2S3/c1-5(2)8-11-10(17-12-8)16-6-3-7(9(13)14)15-4-6/h3-5H,1-2H3,(H,13,14). The van der Waals surface area contributed by atoms with Gasteiger partial charge in [-0.1, -0.05) is 25.6 Å². The highest BCUT2D eigenvalue weighted by Gasteiger charge is 2.11. The summed E-state index contributed by atoms with van der Waals surface area (Å²) in [6.07, 6.45) is 0. The lowest BCUT2D eigenvalue weighted by Crippen LogP contribution is -1.90. The Morgan fingerprint density at radius 3 is 2.82 bits per heavy atom. The van der Waals surface area contributed by atoms with Crippen molar-refractivity contribution in [3.8, 4) is 0 Å². The zero-order valence-corrected chi connectivity index (χ0v) is 11.7. The molecule has 0 aliphatic carbocycles. The van der Waals surface area contributed by atoms with E-state index in [9.17, 15) is 4.79 Å². The van der Waals surface area contributed by atoms with E-state index in [0.717, 1.165) is 15.1 Å². The Balaban J connectivity index is 2.11. The molecule has 0 unspecified atom stereocenters. The number of thiophene rings is 1. The SMILES string of the molecule is CC(C)c1nsc(Sc2csc(C(=O)O)c2)n1. The van der Waals surface area contributed by atoms with E-state index in [1.807, 2.05) is 19.2 Å². The fourth-order valence-electron chi connectivity index (χ4n) is 1.08. The van der Waals surface area contributed by atoms with E-state index in [1.54, 1.807) is 6.07 Å². The van der Waals surface area contributed by atoms with Crippen molar-refractivity contribution in [1.29, 1.82) is 0 Å². The Morgan fingerprint density at radius 2 is 2.29 bits per heavy atom. The third kappa shape index (κ3) is 3.05. The predicted molar refractivity (Wildman–Crippen MR) is 69.4 cm³/mol.